The van der Waals surface area contributed by atoms with Crippen molar-refractivity contribution in [3.8, 4) is 5.75 Å². The second-order valence-electron chi connectivity index (χ2n) is 8.98. The third-order valence-electron chi connectivity index (χ3n) is 6.11. The molecule has 0 spiro atoms. The fourth-order valence-corrected chi connectivity index (χ4v) is 4.64. The van der Waals surface area contributed by atoms with Crippen molar-refractivity contribution in [1.29, 1.82) is 0 Å². The number of amides is 2. The number of unbranched alkanes of at least 4 members (excludes halogenated alkanes) is 1. The number of hydrogen-bond acceptors (Lipinski definition) is 3. The second-order valence-corrected chi connectivity index (χ2v) is 10.2. The Morgan fingerprint density at radius 3 is 2.24 bits per heavy atom. The van der Waals surface area contributed by atoms with Gasteiger partial charge in [-0.05, 0) is 54.8 Å². The van der Waals surface area contributed by atoms with Crippen LogP contribution in [0.2, 0.25) is 15.1 Å². The summed E-state index contributed by atoms with van der Waals surface area (Å²) >= 11 is 18.9. The Morgan fingerprint density at radius 1 is 0.895 bits per heavy atom. The number of nitrogens with zero attached hydrogens (tertiary/aromatic N) is 1. The van der Waals surface area contributed by atoms with Crippen LogP contribution in [0, 0.1) is 0 Å². The fourth-order valence-electron chi connectivity index (χ4n) is 4.00. The van der Waals surface area contributed by atoms with E-state index in [9.17, 15) is 9.59 Å². The van der Waals surface area contributed by atoms with E-state index in [-0.39, 0.29) is 24.8 Å². The highest BCUT2D eigenvalue weighted by atomic mass is 35.5. The zero-order chi connectivity index (χ0) is 27.3. The number of ether oxygens (including phenoxy) is 1. The van der Waals surface area contributed by atoms with Crippen molar-refractivity contribution < 1.29 is 14.3 Å². The molecule has 8 heteroatoms. The molecule has 0 heterocycles. The van der Waals surface area contributed by atoms with Gasteiger partial charge in [0.15, 0.2) is 0 Å². The Kier molecular flexibility index (Phi) is 12.3. The van der Waals surface area contributed by atoms with Crippen LogP contribution in [-0.4, -0.2) is 35.9 Å². The predicted molar refractivity (Wildman–Crippen MR) is 155 cm³/mol. The highest BCUT2D eigenvalue weighted by molar-refractivity contribution is 6.36. The maximum Gasteiger partial charge on any atom is 0.243 e. The summed E-state index contributed by atoms with van der Waals surface area (Å²) in [5, 5.41) is 4.54. The summed E-state index contributed by atoms with van der Waals surface area (Å²) in [6.45, 7) is 3.08. The Morgan fingerprint density at radius 2 is 1.58 bits per heavy atom. The molecule has 5 nitrogen and oxygen atoms in total. The van der Waals surface area contributed by atoms with Gasteiger partial charge in [-0.25, -0.2) is 0 Å². The van der Waals surface area contributed by atoms with Crippen LogP contribution in [0.4, 0.5) is 0 Å². The van der Waals surface area contributed by atoms with Gasteiger partial charge in [-0.1, -0.05) is 84.5 Å². The monoisotopic (exact) mass is 574 g/mol. The average Bonchev–Trinajstić information content (AvgIpc) is 2.91. The normalized spacial score (nSPS) is 11.6. The summed E-state index contributed by atoms with van der Waals surface area (Å²) in [5.41, 5.74) is 1.57. The van der Waals surface area contributed by atoms with Crippen molar-refractivity contribution in [3.05, 3.63) is 99.0 Å². The molecule has 202 valence electrons. The van der Waals surface area contributed by atoms with E-state index in [1.807, 2.05) is 30.3 Å². The first kappa shape index (κ1) is 29.8. The summed E-state index contributed by atoms with van der Waals surface area (Å²) in [5.74, 6) is 0.308. The van der Waals surface area contributed by atoms with Gasteiger partial charge in [-0.2, -0.15) is 0 Å². The number of carbonyl (C=O) groups is 2. The summed E-state index contributed by atoms with van der Waals surface area (Å²) in [6, 6.07) is 21.3. The van der Waals surface area contributed by atoms with E-state index in [2.05, 4.69) is 12.2 Å². The molecule has 1 N–H and O–H groups in total. The molecule has 0 bridgehead atoms. The van der Waals surface area contributed by atoms with Crippen molar-refractivity contribution in [2.24, 2.45) is 0 Å². The topological polar surface area (TPSA) is 58.6 Å². The van der Waals surface area contributed by atoms with E-state index in [0.29, 0.717) is 52.4 Å². The first-order chi connectivity index (χ1) is 18.4. The highest BCUT2D eigenvalue weighted by Gasteiger charge is 2.31. The maximum absolute atomic E-state index is 13.7. The van der Waals surface area contributed by atoms with Crippen molar-refractivity contribution in [2.75, 3.05) is 13.2 Å². The van der Waals surface area contributed by atoms with Crippen LogP contribution in [0.25, 0.3) is 0 Å². The molecule has 0 radical (unpaired) electrons. The van der Waals surface area contributed by atoms with Crippen LogP contribution in [0.3, 0.4) is 0 Å². The molecule has 0 aliphatic heterocycles. The predicted octanol–water partition coefficient (Wildman–Crippen LogP) is 7.36. The molecule has 38 heavy (non-hydrogen) atoms. The Labute approximate surface area is 240 Å². The lowest BCUT2D eigenvalue weighted by atomic mass is 10.0. The smallest absolute Gasteiger partial charge is 0.243 e. The van der Waals surface area contributed by atoms with Gasteiger partial charge in [0.2, 0.25) is 11.8 Å². The van der Waals surface area contributed by atoms with E-state index in [1.54, 1.807) is 47.4 Å². The van der Waals surface area contributed by atoms with Gasteiger partial charge in [-0.3, -0.25) is 9.59 Å². The highest BCUT2D eigenvalue weighted by Crippen LogP contribution is 2.27. The minimum atomic E-state index is -0.730. The molecule has 0 aliphatic carbocycles. The second kappa shape index (κ2) is 15.6. The van der Waals surface area contributed by atoms with Crippen molar-refractivity contribution in [2.45, 2.75) is 51.6 Å². The van der Waals surface area contributed by atoms with E-state index in [1.165, 1.54) is 0 Å². The van der Waals surface area contributed by atoms with E-state index >= 15 is 0 Å². The lowest BCUT2D eigenvalue weighted by molar-refractivity contribution is -0.141. The molecular weight excluding hydrogens is 543 g/mol. The minimum Gasteiger partial charge on any atom is -0.494 e. The lowest BCUT2D eigenvalue weighted by Crippen LogP contribution is -2.50. The lowest BCUT2D eigenvalue weighted by Gasteiger charge is -2.32. The first-order valence-electron chi connectivity index (χ1n) is 12.8. The number of carbonyl (C=O) groups excluding carboxylic acids is 2. The molecule has 3 rings (SSSR count). The van der Waals surface area contributed by atoms with Gasteiger partial charge in [0, 0.05) is 46.6 Å². The summed E-state index contributed by atoms with van der Waals surface area (Å²) in [4.78, 5) is 28.7. The Bertz CT molecular complexity index is 1150. The number of nitrogens with one attached hydrogen (secondary N) is 1. The number of benzene rings is 3. The maximum atomic E-state index is 13.7. The molecule has 0 saturated heterocycles. The molecule has 0 unspecified atom stereocenters. The van der Waals surface area contributed by atoms with Crippen molar-refractivity contribution in [3.63, 3.8) is 0 Å². The van der Waals surface area contributed by atoms with E-state index in [0.717, 1.165) is 18.4 Å². The van der Waals surface area contributed by atoms with E-state index in [4.69, 9.17) is 39.5 Å². The summed E-state index contributed by atoms with van der Waals surface area (Å²) in [7, 11) is 0. The number of rotatable bonds is 14. The van der Waals surface area contributed by atoms with Crippen molar-refractivity contribution in [1.82, 2.24) is 10.2 Å². The van der Waals surface area contributed by atoms with Gasteiger partial charge in [0.25, 0.3) is 0 Å². The summed E-state index contributed by atoms with van der Waals surface area (Å²) < 4.78 is 5.77. The molecule has 0 aromatic heterocycles. The van der Waals surface area contributed by atoms with Crippen LogP contribution in [0.5, 0.6) is 5.75 Å². The molecule has 3 aromatic carbocycles. The molecule has 0 saturated carbocycles. The molecular formula is C30H33Cl3N2O3. The van der Waals surface area contributed by atoms with Crippen LogP contribution in [0.15, 0.2) is 72.8 Å². The standard InChI is InChI=1S/C30H33Cl3N2O3/c1-2-3-18-34-30(37)28(20-22-9-5-4-6-10-22)35(21-25-26(32)11-7-12-27(25)33)29(36)13-8-19-38-24-16-14-23(31)15-17-24/h4-7,9-12,14-17,28H,2-3,8,13,18-21H2,1H3,(H,34,37)/t28-/m0/s1. The first-order valence-corrected chi connectivity index (χ1v) is 13.9. The SMILES string of the molecule is CCCCNC(=O)[C@H](Cc1ccccc1)N(Cc1c(Cl)cccc1Cl)C(=O)CCCOc1ccc(Cl)cc1. The number of halogens is 3. The Hall–Kier alpha value is -2.73. The third kappa shape index (κ3) is 9.23. The largest absolute Gasteiger partial charge is 0.494 e. The van der Waals surface area contributed by atoms with Gasteiger partial charge < -0.3 is 15.0 Å². The average molecular weight is 576 g/mol. The van der Waals surface area contributed by atoms with Gasteiger partial charge >= 0.3 is 0 Å². The van der Waals surface area contributed by atoms with Gasteiger partial charge in [0.1, 0.15) is 11.8 Å². The molecule has 2 amide bonds. The molecule has 1 atom stereocenters. The van der Waals surface area contributed by atoms with Gasteiger partial charge in [-0.15, -0.1) is 0 Å². The van der Waals surface area contributed by atoms with Crippen LogP contribution in [-0.2, 0) is 22.6 Å². The van der Waals surface area contributed by atoms with E-state index < -0.39 is 6.04 Å². The molecule has 3 aromatic rings. The molecule has 0 fully saturated rings. The Balaban J connectivity index is 1.82. The van der Waals surface area contributed by atoms with Crippen LogP contribution in [0.1, 0.15) is 43.7 Å². The zero-order valence-corrected chi connectivity index (χ0v) is 23.7. The quantitative estimate of drug-likeness (QED) is 0.204. The van der Waals surface area contributed by atoms with Crippen LogP contribution >= 0.6 is 34.8 Å². The van der Waals surface area contributed by atoms with Crippen LogP contribution < -0.4 is 10.1 Å². The zero-order valence-electron chi connectivity index (χ0n) is 21.5. The van der Waals surface area contributed by atoms with Crippen molar-refractivity contribution >= 4 is 46.6 Å². The minimum absolute atomic E-state index is 0.119. The molecule has 0 aliphatic rings. The fraction of sp³-hybridized carbons (Fsp3) is 0.333. The van der Waals surface area contributed by atoms with Gasteiger partial charge in [0.05, 0.1) is 6.61 Å². The number of hydrogen-bond donors (Lipinski definition) is 1. The summed E-state index contributed by atoms with van der Waals surface area (Å²) in [6.07, 6.45) is 2.85. The third-order valence-corrected chi connectivity index (χ3v) is 7.07.